The second kappa shape index (κ2) is 10.6. The van der Waals surface area contributed by atoms with Crippen LogP contribution in [0.1, 0.15) is 22.3 Å². The molecule has 35 heavy (non-hydrogen) atoms. The van der Waals surface area contributed by atoms with Crippen molar-refractivity contribution in [2.75, 3.05) is 7.11 Å². The Morgan fingerprint density at radius 2 is 1.91 bits per heavy atom. The van der Waals surface area contributed by atoms with Crippen LogP contribution >= 0.6 is 38.5 Å². The SMILES string of the molecule is COc1cc(/C=C2\N=C(c3ccc(I)c(C)c3)OC2=O)cc(Br)c1OCc1ccc([N+](=O)[O-])cc1. The van der Waals surface area contributed by atoms with Crippen molar-refractivity contribution in [2.45, 2.75) is 13.5 Å². The molecule has 0 fully saturated rings. The minimum atomic E-state index is -0.537. The van der Waals surface area contributed by atoms with Crippen molar-refractivity contribution >= 4 is 62.2 Å². The molecule has 0 aromatic heterocycles. The van der Waals surface area contributed by atoms with Gasteiger partial charge in [-0.3, -0.25) is 10.1 Å². The smallest absolute Gasteiger partial charge is 0.363 e. The lowest BCUT2D eigenvalue weighted by Crippen LogP contribution is -2.05. The van der Waals surface area contributed by atoms with E-state index in [0.717, 1.165) is 20.3 Å². The zero-order valence-electron chi connectivity index (χ0n) is 18.6. The number of esters is 1. The van der Waals surface area contributed by atoms with Crippen LogP contribution in [0.2, 0.25) is 0 Å². The molecule has 0 amide bonds. The van der Waals surface area contributed by atoms with Crippen LogP contribution in [0.3, 0.4) is 0 Å². The van der Waals surface area contributed by atoms with E-state index in [-0.39, 0.29) is 23.9 Å². The molecule has 178 valence electrons. The largest absolute Gasteiger partial charge is 0.493 e. The topological polar surface area (TPSA) is 100 Å². The molecule has 0 N–H and O–H groups in total. The number of halogens is 2. The minimum Gasteiger partial charge on any atom is -0.493 e. The average Bonchev–Trinajstić information content (AvgIpc) is 3.20. The maximum atomic E-state index is 12.4. The Hall–Kier alpha value is -3.25. The van der Waals surface area contributed by atoms with E-state index in [9.17, 15) is 14.9 Å². The van der Waals surface area contributed by atoms with Gasteiger partial charge in [0.1, 0.15) is 6.61 Å². The summed E-state index contributed by atoms with van der Waals surface area (Å²) in [5, 5.41) is 10.8. The second-order valence-corrected chi connectivity index (χ2v) is 9.56. The van der Waals surface area contributed by atoms with Gasteiger partial charge in [-0.1, -0.05) is 0 Å². The zero-order valence-corrected chi connectivity index (χ0v) is 22.3. The van der Waals surface area contributed by atoms with Gasteiger partial charge in [-0.25, -0.2) is 9.79 Å². The van der Waals surface area contributed by atoms with Gasteiger partial charge in [0, 0.05) is 21.3 Å². The van der Waals surface area contributed by atoms with E-state index in [1.807, 2.05) is 25.1 Å². The first-order chi connectivity index (χ1) is 16.7. The minimum absolute atomic E-state index is 0.0123. The fourth-order valence-corrected chi connectivity index (χ4v) is 4.21. The number of hydrogen-bond acceptors (Lipinski definition) is 7. The van der Waals surface area contributed by atoms with Crippen LogP contribution in [-0.4, -0.2) is 23.9 Å². The summed E-state index contributed by atoms with van der Waals surface area (Å²) >= 11 is 5.74. The highest BCUT2D eigenvalue weighted by atomic mass is 127. The van der Waals surface area contributed by atoms with Gasteiger partial charge in [0.05, 0.1) is 16.5 Å². The molecular weight excluding hydrogens is 631 g/mol. The van der Waals surface area contributed by atoms with Crippen LogP contribution < -0.4 is 9.47 Å². The maximum absolute atomic E-state index is 12.4. The number of hydrogen-bond donors (Lipinski definition) is 0. The van der Waals surface area contributed by atoms with Crippen LogP contribution in [0.4, 0.5) is 5.69 Å². The molecular formula is C25H18BrIN2O6. The number of non-ortho nitro benzene ring substituents is 1. The van der Waals surface area contributed by atoms with Crippen LogP contribution in [0.15, 0.2) is 69.8 Å². The lowest BCUT2D eigenvalue weighted by Gasteiger charge is -2.13. The lowest BCUT2D eigenvalue weighted by molar-refractivity contribution is -0.384. The summed E-state index contributed by atoms with van der Waals surface area (Å²) in [6, 6.07) is 15.3. The molecule has 10 heteroatoms. The van der Waals surface area contributed by atoms with Gasteiger partial charge in [-0.15, -0.1) is 0 Å². The number of aliphatic imine (C=N–C) groups is 1. The highest BCUT2D eigenvalue weighted by Crippen LogP contribution is 2.38. The van der Waals surface area contributed by atoms with Crippen LogP contribution in [-0.2, 0) is 16.1 Å². The van der Waals surface area contributed by atoms with E-state index >= 15 is 0 Å². The number of rotatable bonds is 7. The van der Waals surface area contributed by atoms with E-state index in [4.69, 9.17) is 14.2 Å². The summed E-state index contributed by atoms with van der Waals surface area (Å²) in [4.78, 5) is 27.2. The highest BCUT2D eigenvalue weighted by Gasteiger charge is 2.25. The predicted octanol–water partition coefficient (Wildman–Crippen LogP) is 6.20. The Labute approximate surface area is 223 Å². The third-order valence-electron chi connectivity index (χ3n) is 5.11. The summed E-state index contributed by atoms with van der Waals surface area (Å²) in [5.74, 6) is 0.622. The fraction of sp³-hybridized carbons (Fsp3) is 0.120. The van der Waals surface area contributed by atoms with Gasteiger partial charge in [0.25, 0.3) is 5.69 Å². The first-order valence-electron chi connectivity index (χ1n) is 10.3. The van der Waals surface area contributed by atoms with E-state index in [2.05, 4.69) is 43.5 Å². The quantitative estimate of drug-likeness (QED) is 0.0994. The Kier molecular flexibility index (Phi) is 7.51. The average molecular weight is 649 g/mol. The third kappa shape index (κ3) is 5.70. The summed E-state index contributed by atoms with van der Waals surface area (Å²) in [7, 11) is 1.51. The molecule has 0 aliphatic carbocycles. The Bertz CT molecular complexity index is 1390. The number of carbonyl (C=O) groups is 1. The molecule has 4 rings (SSSR count). The Balaban J connectivity index is 1.56. The normalized spacial score (nSPS) is 14.0. The number of nitro benzene ring substituents is 1. The Morgan fingerprint density at radius 1 is 1.17 bits per heavy atom. The van der Waals surface area contributed by atoms with Crippen molar-refractivity contribution in [3.8, 4) is 11.5 Å². The van der Waals surface area contributed by atoms with E-state index in [1.54, 1.807) is 30.3 Å². The lowest BCUT2D eigenvalue weighted by atomic mass is 10.1. The van der Waals surface area contributed by atoms with Crippen LogP contribution in [0.25, 0.3) is 6.08 Å². The molecule has 0 saturated heterocycles. The highest BCUT2D eigenvalue weighted by molar-refractivity contribution is 14.1. The molecule has 0 atom stereocenters. The van der Waals surface area contributed by atoms with Crippen molar-refractivity contribution in [1.82, 2.24) is 0 Å². The number of nitro groups is 1. The van der Waals surface area contributed by atoms with Gasteiger partial charge >= 0.3 is 5.97 Å². The third-order valence-corrected chi connectivity index (χ3v) is 6.91. The number of methoxy groups -OCH3 is 1. The van der Waals surface area contributed by atoms with Crippen molar-refractivity contribution in [1.29, 1.82) is 0 Å². The standard InChI is InChI=1S/C25H18BrIN2O6/c1-14-9-17(5-8-20(14)27)24-28-21(25(30)35-24)11-16-10-19(26)23(22(12-16)33-2)34-13-15-3-6-18(7-4-15)29(31)32/h3-12H,13H2,1-2H3/b21-11-. The molecule has 0 unspecified atom stereocenters. The van der Waals surface area contributed by atoms with E-state index in [1.165, 1.54) is 19.2 Å². The molecule has 3 aromatic rings. The summed E-state index contributed by atoms with van der Waals surface area (Å²) in [6.45, 7) is 2.16. The monoisotopic (exact) mass is 648 g/mol. The number of aryl methyl sites for hydroxylation is 1. The molecule has 0 radical (unpaired) electrons. The number of cyclic esters (lactones) is 1. The molecule has 0 bridgehead atoms. The van der Waals surface area contributed by atoms with Crippen molar-refractivity contribution in [3.05, 3.63) is 101 Å². The van der Waals surface area contributed by atoms with Gasteiger partial charge in [0.2, 0.25) is 5.90 Å². The van der Waals surface area contributed by atoms with Gasteiger partial charge in [-0.05, 0) is 111 Å². The number of ether oxygens (including phenoxy) is 3. The van der Waals surface area contributed by atoms with Gasteiger partial charge in [-0.2, -0.15) is 0 Å². The van der Waals surface area contributed by atoms with Gasteiger partial charge in [0.15, 0.2) is 17.2 Å². The number of carbonyl (C=O) groups excluding carboxylic acids is 1. The van der Waals surface area contributed by atoms with E-state index in [0.29, 0.717) is 21.5 Å². The summed E-state index contributed by atoms with van der Waals surface area (Å²) in [5.41, 5.74) is 3.40. The van der Waals surface area contributed by atoms with Crippen molar-refractivity contribution in [2.24, 2.45) is 4.99 Å². The second-order valence-electron chi connectivity index (χ2n) is 7.55. The number of benzene rings is 3. The van der Waals surface area contributed by atoms with Gasteiger partial charge < -0.3 is 14.2 Å². The van der Waals surface area contributed by atoms with Crippen molar-refractivity contribution < 1.29 is 23.9 Å². The Morgan fingerprint density at radius 3 is 2.57 bits per heavy atom. The molecule has 1 aliphatic rings. The van der Waals surface area contributed by atoms with Crippen molar-refractivity contribution in [3.63, 3.8) is 0 Å². The van der Waals surface area contributed by atoms with Crippen LogP contribution in [0, 0.1) is 20.6 Å². The van der Waals surface area contributed by atoms with Crippen LogP contribution in [0.5, 0.6) is 11.5 Å². The first kappa shape index (κ1) is 24.9. The zero-order chi connectivity index (χ0) is 25.1. The molecule has 0 saturated carbocycles. The fourth-order valence-electron chi connectivity index (χ4n) is 3.30. The first-order valence-corrected chi connectivity index (χ1v) is 12.1. The predicted molar refractivity (Wildman–Crippen MR) is 143 cm³/mol. The summed E-state index contributed by atoms with van der Waals surface area (Å²) in [6.07, 6.45) is 1.61. The maximum Gasteiger partial charge on any atom is 0.363 e. The molecule has 1 aliphatic heterocycles. The number of nitrogens with zero attached hydrogens (tertiary/aromatic N) is 2. The molecule has 8 nitrogen and oxygen atoms in total. The summed E-state index contributed by atoms with van der Waals surface area (Å²) < 4.78 is 18.5. The van der Waals surface area contributed by atoms with E-state index < -0.39 is 10.9 Å². The molecule has 0 spiro atoms. The molecule has 3 aromatic carbocycles. The molecule has 1 heterocycles.